The van der Waals surface area contributed by atoms with E-state index in [4.69, 9.17) is 0 Å². The number of nitrogens with zero attached hydrogens (tertiary/aromatic N) is 1. The fourth-order valence-electron chi connectivity index (χ4n) is 2.66. The topological polar surface area (TPSA) is 15.3 Å². The Labute approximate surface area is 102 Å². The van der Waals surface area contributed by atoms with Crippen molar-refractivity contribution in [3.8, 4) is 0 Å². The Hall–Kier alpha value is -0.0800. The molecule has 0 spiro atoms. The van der Waals surface area contributed by atoms with Gasteiger partial charge in [0.15, 0.2) is 0 Å². The number of hydrogen-bond donors (Lipinski definition) is 1. The normalized spacial score (nSPS) is 25.3. The van der Waals surface area contributed by atoms with Gasteiger partial charge < -0.3 is 10.2 Å². The fraction of sp³-hybridized carbons (Fsp3) is 1.00. The predicted octanol–water partition coefficient (Wildman–Crippen LogP) is 2.89. The molecule has 0 aromatic rings. The lowest BCUT2D eigenvalue weighted by Crippen LogP contribution is -2.40. The zero-order valence-electron chi connectivity index (χ0n) is 11.5. The third kappa shape index (κ3) is 5.31. The van der Waals surface area contributed by atoms with Crippen LogP contribution in [0.15, 0.2) is 0 Å². The molecule has 1 heterocycles. The van der Waals surface area contributed by atoms with E-state index in [1.807, 2.05) is 0 Å². The van der Waals surface area contributed by atoms with Crippen LogP contribution >= 0.6 is 0 Å². The van der Waals surface area contributed by atoms with Crippen molar-refractivity contribution >= 4 is 0 Å². The van der Waals surface area contributed by atoms with Crippen LogP contribution in [0.5, 0.6) is 0 Å². The maximum atomic E-state index is 3.58. The Morgan fingerprint density at radius 1 is 1.25 bits per heavy atom. The van der Waals surface area contributed by atoms with Gasteiger partial charge in [-0.15, -0.1) is 0 Å². The largest absolute Gasteiger partial charge is 0.313 e. The van der Waals surface area contributed by atoms with Gasteiger partial charge in [-0.05, 0) is 58.2 Å². The second kappa shape index (κ2) is 8.08. The minimum absolute atomic E-state index is 0.651. The number of likely N-dealkylation sites (tertiary alicyclic amines) is 1. The number of nitrogens with one attached hydrogen (secondary N) is 1. The molecule has 96 valence electrons. The van der Waals surface area contributed by atoms with Crippen molar-refractivity contribution in [2.24, 2.45) is 5.92 Å². The van der Waals surface area contributed by atoms with Crippen molar-refractivity contribution in [1.82, 2.24) is 10.2 Å². The van der Waals surface area contributed by atoms with E-state index in [-0.39, 0.29) is 0 Å². The lowest BCUT2D eigenvalue weighted by atomic mass is 9.98. The molecule has 0 aromatic heterocycles. The summed E-state index contributed by atoms with van der Waals surface area (Å²) >= 11 is 0. The summed E-state index contributed by atoms with van der Waals surface area (Å²) in [6, 6.07) is 0.651. The summed E-state index contributed by atoms with van der Waals surface area (Å²) in [5.41, 5.74) is 0. The molecule has 1 N–H and O–H groups in total. The molecule has 0 saturated carbocycles. The van der Waals surface area contributed by atoms with Crippen molar-refractivity contribution in [1.29, 1.82) is 0 Å². The average Bonchev–Trinajstić information content (AvgIpc) is 2.51. The third-order valence-electron chi connectivity index (χ3n) is 3.79. The summed E-state index contributed by atoms with van der Waals surface area (Å²) in [7, 11) is 0. The van der Waals surface area contributed by atoms with E-state index in [0.717, 1.165) is 12.5 Å². The van der Waals surface area contributed by atoms with Gasteiger partial charge in [0.25, 0.3) is 0 Å². The molecule has 1 aliphatic heterocycles. The highest BCUT2D eigenvalue weighted by Crippen LogP contribution is 2.20. The summed E-state index contributed by atoms with van der Waals surface area (Å²) in [5.74, 6) is 0.990. The first-order chi connectivity index (χ1) is 7.76. The maximum Gasteiger partial charge on any atom is 0.0166 e. The van der Waals surface area contributed by atoms with Crippen molar-refractivity contribution in [2.75, 3.05) is 26.2 Å². The maximum absolute atomic E-state index is 3.58. The molecule has 16 heavy (non-hydrogen) atoms. The second-order valence-corrected chi connectivity index (χ2v) is 5.36. The SMILES string of the molecule is CCCNC(C)CN1CCCC(CC)CC1. The molecule has 0 bridgehead atoms. The van der Waals surface area contributed by atoms with Crippen LogP contribution in [0.4, 0.5) is 0 Å². The molecule has 2 nitrogen and oxygen atoms in total. The van der Waals surface area contributed by atoms with Gasteiger partial charge in [-0.2, -0.15) is 0 Å². The van der Waals surface area contributed by atoms with Crippen molar-refractivity contribution in [3.63, 3.8) is 0 Å². The minimum Gasteiger partial charge on any atom is -0.313 e. The van der Waals surface area contributed by atoms with Gasteiger partial charge in [0.1, 0.15) is 0 Å². The van der Waals surface area contributed by atoms with E-state index >= 15 is 0 Å². The molecule has 1 fully saturated rings. The van der Waals surface area contributed by atoms with Gasteiger partial charge in [-0.1, -0.05) is 20.3 Å². The Bertz CT molecular complexity index is 170. The lowest BCUT2D eigenvalue weighted by Gasteiger charge is -2.24. The zero-order chi connectivity index (χ0) is 11.8. The van der Waals surface area contributed by atoms with Crippen LogP contribution in [0.25, 0.3) is 0 Å². The zero-order valence-corrected chi connectivity index (χ0v) is 11.5. The van der Waals surface area contributed by atoms with Crippen LogP contribution in [-0.4, -0.2) is 37.1 Å². The van der Waals surface area contributed by atoms with Crippen molar-refractivity contribution in [3.05, 3.63) is 0 Å². The van der Waals surface area contributed by atoms with Crippen LogP contribution < -0.4 is 5.32 Å². The van der Waals surface area contributed by atoms with Crippen LogP contribution in [0.2, 0.25) is 0 Å². The Balaban J connectivity index is 2.21. The molecule has 1 saturated heterocycles. The first-order valence-corrected chi connectivity index (χ1v) is 7.22. The average molecular weight is 226 g/mol. The number of hydrogen-bond acceptors (Lipinski definition) is 2. The number of rotatable bonds is 6. The molecule has 2 unspecified atom stereocenters. The molecular weight excluding hydrogens is 196 g/mol. The van der Waals surface area contributed by atoms with E-state index in [2.05, 4.69) is 31.0 Å². The lowest BCUT2D eigenvalue weighted by molar-refractivity contribution is 0.252. The molecule has 0 aliphatic carbocycles. The van der Waals surface area contributed by atoms with Gasteiger partial charge in [0.05, 0.1) is 0 Å². The van der Waals surface area contributed by atoms with Crippen LogP contribution in [0.1, 0.15) is 52.9 Å². The fourth-order valence-corrected chi connectivity index (χ4v) is 2.66. The minimum atomic E-state index is 0.651. The second-order valence-electron chi connectivity index (χ2n) is 5.36. The molecule has 0 amide bonds. The standard InChI is InChI=1S/C14H30N2/c1-4-9-15-13(3)12-16-10-6-7-14(5-2)8-11-16/h13-15H,4-12H2,1-3H3. The van der Waals surface area contributed by atoms with Gasteiger partial charge in [-0.25, -0.2) is 0 Å². The highest BCUT2D eigenvalue weighted by molar-refractivity contribution is 4.73. The third-order valence-corrected chi connectivity index (χ3v) is 3.79. The summed E-state index contributed by atoms with van der Waals surface area (Å²) < 4.78 is 0. The molecule has 1 rings (SSSR count). The summed E-state index contributed by atoms with van der Waals surface area (Å²) in [6.07, 6.45) is 6.87. The monoisotopic (exact) mass is 226 g/mol. The Morgan fingerprint density at radius 2 is 2.06 bits per heavy atom. The highest BCUT2D eigenvalue weighted by Gasteiger charge is 2.16. The van der Waals surface area contributed by atoms with Gasteiger partial charge >= 0.3 is 0 Å². The van der Waals surface area contributed by atoms with E-state index < -0.39 is 0 Å². The summed E-state index contributed by atoms with van der Waals surface area (Å²) in [5, 5.41) is 3.58. The predicted molar refractivity (Wildman–Crippen MR) is 71.8 cm³/mol. The van der Waals surface area contributed by atoms with E-state index in [1.165, 1.54) is 51.7 Å². The van der Waals surface area contributed by atoms with E-state index in [1.54, 1.807) is 0 Å². The Morgan fingerprint density at radius 3 is 2.75 bits per heavy atom. The van der Waals surface area contributed by atoms with Gasteiger partial charge in [0.2, 0.25) is 0 Å². The first kappa shape index (κ1) is 14.0. The van der Waals surface area contributed by atoms with Crippen LogP contribution in [0, 0.1) is 5.92 Å². The van der Waals surface area contributed by atoms with Gasteiger partial charge in [-0.3, -0.25) is 0 Å². The van der Waals surface area contributed by atoms with E-state index in [9.17, 15) is 0 Å². The molecule has 0 aromatic carbocycles. The van der Waals surface area contributed by atoms with Crippen LogP contribution in [0.3, 0.4) is 0 Å². The molecule has 2 atom stereocenters. The summed E-state index contributed by atoms with van der Waals surface area (Å²) in [6.45, 7) is 11.9. The molecule has 2 heteroatoms. The van der Waals surface area contributed by atoms with Crippen molar-refractivity contribution in [2.45, 2.75) is 58.9 Å². The molecule has 1 aliphatic rings. The van der Waals surface area contributed by atoms with E-state index in [0.29, 0.717) is 6.04 Å². The molecular formula is C14H30N2. The first-order valence-electron chi connectivity index (χ1n) is 7.22. The highest BCUT2D eigenvalue weighted by atomic mass is 15.1. The summed E-state index contributed by atoms with van der Waals surface area (Å²) in [4.78, 5) is 2.66. The molecule has 0 radical (unpaired) electrons. The van der Waals surface area contributed by atoms with Gasteiger partial charge in [0, 0.05) is 12.6 Å². The Kier molecular flexibility index (Phi) is 7.06. The van der Waals surface area contributed by atoms with Crippen molar-refractivity contribution < 1.29 is 0 Å². The smallest absolute Gasteiger partial charge is 0.0166 e. The van der Waals surface area contributed by atoms with Crippen LogP contribution in [-0.2, 0) is 0 Å². The quantitative estimate of drug-likeness (QED) is 0.749.